The zero-order valence-corrected chi connectivity index (χ0v) is 19.8. The lowest BCUT2D eigenvalue weighted by Gasteiger charge is -2.12. The molecule has 0 atom stereocenters. The SMILES string of the molecule is CCCS(=O)(=O)Nc1ccc(F)c(C(=O)c2c[nH]c3ncc(-c4ccc(Cl)cc4)c(C#N)c23)c1F. The molecule has 178 valence electrons. The lowest BCUT2D eigenvalue weighted by molar-refractivity contribution is 0.103. The summed E-state index contributed by atoms with van der Waals surface area (Å²) >= 11 is 5.94. The summed E-state index contributed by atoms with van der Waals surface area (Å²) in [7, 11) is -3.89. The Morgan fingerprint density at radius 1 is 1.20 bits per heavy atom. The predicted molar refractivity (Wildman–Crippen MR) is 129 cm³/mol. The Balaban J connectivity index is 1.87. The van der Waals surface area contributed by atoms with Crippen LogP contribution in [-0.2, 0) is 10.0 Å². The molecule has 2 aromatic carbocycles. The zero-order chi connectivity index (χ0) is 25.3. The highest BCUT2D eigenvalue weighted by molar-refractivity contribution is 7.92. The van der Waals surface area contributed by atoms with Crippen LogP contribution < -0.4 is 4.72 Å². The summed E-state index contributed by atoms with van der Waals surface area (Å²) in [4.78, 5) is 20.3. The first-order chi connectivity index (χ1) is 16.7. The van der Waals surface area contributed by atoms with Gasteiger partial charge in [-0.05, 0) is 36.2 Å². The first kappa shape index (κ1) is 24.3. The number of hydrogen-bond donors (Lipinski definition) is 2. The number of carbonyl (C=O) groups excluding carboxylic acids is 1. The maximum atomic E-state index is 15.2. The Labute approximate surface area is 204 Å². The quantitative estimate of drug-likeness (QED) is 0.320. The monoisotopic (exact) mass is 514 g/mol. The lowest BCUT2D eigenvalue weighted by atomic mass is 9.95. The number of aromatic amines is 1. The van der Waals surface area contributed by atoms with Gasteiger partial charge >= 0.3 is 0 Å². The van der Waals surface area contributed by atoms with Crippen LogP contribution in [0.4, 0.5) is 14.5 Å². The number of nitrogens with zero attached hydrogens (tertiary/aromatic N) is 2. The number of sulfonamides is 1. The van der Waals surface area contributed by atoms with Gasteiger partial charge in [-0.25, -0.2) is 22.2 Å². The van der Waals surface area contributed by atoms with Gasteiger partial charge in [-0.2, -0.15) is 5.26 Å². The van der Waals surface area contributed by atoms with Crippen molar-refractivity contribution < 1.29 is 22.0 Å². The first-order valence-corrected chi connectivity index (χ1v) is 12.4. The molecule has 11 heteroatoms. The summed E-state index contributed by atoms with van der Waals surface area (Å²) in [5.74, 6) is -3.89. The normalized spacial score (nSPS) is 11.4. The van der Waals surface area contributed by atoms with Gasteiger partial charge in [0.2, 0.25) is 15.8 Å². The molecule has 2 N–H and O–H groups in total. The van der Waals surface area contributed by atoms with Gasteiger partial charge in [0.15, 0.2) is 5.82 Å². The van der Waals surface area contributed by atoms with Crippen LogP contribution in [0.25, 0.3) is 22.2 Å². The van der Waals surface area contributed by atoms with Crippen molar-refractivity contribution >= 4 is 44.1 Å². The second kappa shape index (κ2) is 9.44. The van der Waals surface area contributed by atoms with Crippen LogP contribution in [0.15, 0.2) is 48.8 Å². The fourth-order valence-corrected chi connectivity index (χ4v) is 4.96. The van der Waals surface area contributed by atoms with Gasteiger partial charge < -0.3 is 4.98 Å². The molecule has 4 aromatic rings. The molecule has 0 aliphatic rings. The number of benzene rings is 2. The van der Waals surface area contributed by atoms with E-state index in [9.17, 15) is 22.9 Å². The third-order valence-electron chi connectivity index (χ3n) is 5.27. The fraction of sp³-hybridized carbons (Fsp3) is 0.125. The van der Waals surface area contributed by atoms with Crippen molar-refractivity contribution in [2.45, 2.75) is 13.3 Å². The summed E-state index contributed by atoms with van der Waals surface area (Å²) < 4.78 is 56.1. The minimum Gasteiger partial charge on any atom is -0.345 e. The molecular formula is C24H17ClF2N4O3S. The second-order valence-electron chi connectivity index (χ2n) is 7.63. The number of carbonyl (C=O) groups is 1. The molecule has 4 rings (SSSR count). The van der Waals surface area contributed by atoms with Gasteiger partial charge in [0, 0.05) is 28.4 Å². The van der Waals surface area contributed by atoms with E-state index in [0.717, 1.165) is 12.1 Å². The van der Waals surface area contributed by atoms with Crippen molar-refractivity contribution in [3.8, 4) is 17.2 Å². The van der Waals surface area contributed by atoms with Gasteiger partial charge in [0.1, 0.15) is 17.5 Å². The Bertz CT molecular complexity index is 1610. The number of nitrogens with one attached hydrogen (secondary N) is 2. The number of nitriles is 1. The van der Waals surface area contributed by atoms with E-state index in [4.69, 9.17) is 11.6 Å². The van der Waals surface area contributed by atoms with Gasteiger partial charge in [-0.1, -0.05) is 30.7 Å². The highest BCUT2D eigenvalue weighted by Gasteiger charge is 2.27. The molecule has 0 saturated heterocycles. The molecule has 0 amide bonds. The smallest absolute Gasteiger partial charge is 0.232 e. The Morgan fingerprint density at radius 3 is 2.57 bits per heavy atom. The summed E-state index contributed by atoms with van der Waals surface area (Å²) in [5.41, 5.74) is -0.458. The molecule has 7 nitrogen and oxygen atoms in total. The van der Waals surface area contributed by atoms with Crippen molar-refractivity contribution in [1.82, 2.24) is 9.97 Å². The molecule has 0 spiro atoms. The molecule has 0 aliphatic heterocycles. The zero-order valence-electron chi connectivity index (χ0n) is 18.2. The van der Waals surface area contributed by atoms with Gasteiger partial charge in [-0.15, -0.1) is 0 Å². The van der Waals surface area contributed by atoms with E-state index in [-0.39, 0.29) is 34.3 Å². The van der Waals surface area contributed by atoms with Crippen molar-refractivity contribution in [1.29, 1.82) is 5.26 Å². The fourth-order valence-electron chi connectivity index (χ4n) is 3.70. The molecule has 0 fully saturated rings. The molecule has 0 radical (unpaired) electrons. The standard InChI is InChI=1S/C24H17ClF2N4O3S/c1-2-9-35(33,34)31-19-8-7-18(26)21(22(19)27)23(32)17-12-30-24-20(17)15(10-28)16(11-29-24)13-3-5-14(25)6-4-13/h3-8,11-12,31H,2,9H2,1H3,(H,29,30). The van der Waals surface area contributed by atoms with Crippen LogP contribution >= 0.6 is 11.6 Å². The Hall–Kier alpha value is -3.81. The van der Waals surface area contributed by atoms with Crippen LogP contribution in [0.2, 0.25) is 5.02 Å². The molecule has 0 unspecified atom stereocenters. The van der Waals surface area contributed by atoms with Gasteiger partial charge in [-0.3, -0.25) is 9.52 Å². The minimum atomic E-state index is -3.89. The van der Waals surface area contributed by atoms with Crippen molar-refractivity contribution in [2.75, 3.05) is 10.5 Å². The number of halogens is 3. The largest absolute Gasteiger partial charge is 0.345 e. The van der Waals surface area contributed by atoms with E-state index in [0.29, 0.717) is 16.1 Å². The molecular weight excluding hydrogens is 498 g/mol. The number of rotatable bonds is 7. The molecule has 2 heterocycles. The van der Waals surface area contributed by atoms with E-state index >= 15 is 4.39 Å². The molecule has 0 bridgehead atoms. The highest BCUT2D eigenvalue weighted by Crippen LogP contribution is 2.33. The molecule has 35 heavy (non-hydrogen) atoms. The average molecular weight is 515 g/mol. The van der Waals surface area contributed by atoms with Crippen molar-refractivity contribution in [3.63, 3.8) is 0 Å². The maximum Gasteiger partial charge on any atom is 0.232 e. The number of hydrogen-bond acceptors (Lipinski definition) is 5. The lowest BCUT2D eigenvalue weighted by Crippen LogP contribution is -2.18. The van der Waals surface area contributed by atoms with Crippen LogP contribution in [0, 0.1) is 23.0 Å². The van der Waals surface area contributed by atoms with Crippen LogP contribution in [-0.4, -0.2) is 29.9 Å². The minimum absolute atomic E-state index is 0.0718. The van der Waals surface area contributed by atoms with Crippen molar-refractivity contribution in [2.24, 2.45) is 0 Å². The third kappa shape index (κ3) is 4.60. The predicted octanol–water partition coefficient (Wildman–Crippen LogP) is 5.42. The number of anilines is 1. The van der Waals surface area contributed by atoms with E-state index in [1.807, 2.05) is 10.8 Å². The molecule has 2 aromatic heterocycles. The van der Waals surface area contributed by atoms with E-state index in [1.165, 1.54) is 12.4 Å². The van der Waals surface area contributed by atoms with E-state index in [1.54, 1.807) is 31.2 Å². The molecule has 0 saturated carbocycles. The Morgan fingerprint density at radius 2 is 1.91 bits per heavy atom. The van der Waals surface area contributed by atoms with Crippen molar-refractivity contribution in [3.05, 3.63) is 82.1 Å². The topological polar surface area (TPSA) is 116 Å². The van der Waals surface area contributed by atoms with Crippen LogP contribution in [0.5, 0.6) is 0 Å². The number of fused-ring (bicyclic) bond motifs is 1. The summed E-state index contributed by atoms with van der Waals surface area (Å²) in [6.07, 6.45) is 2.93. The summed E-state index contributed by atoms with van der Waals surface area (Å²) in [6.45, 7) is 1.63. The van der Waals surface area contributed by atoms with Gasteiger partial charge in [0.05, 0.1) is 28.1 Å². The van der Waals surface area contributed by atoms with E-state index < -0.39 is 38.7 Å². The maximum absolute atomic E-state index is 15.2. The number of pyridine rings is 1. The van der Waals surface area contributed by atoms with Crippen LogP contribution in [0.1, 0.15) is 34.8 Å². The van der Waals surface area contributed by atoms with Crippen LogP contribution in [0.3, 0.4) is 0 Å². The summed E-state index contributed by atoms with van der Waals surface area (Å²) in [6, 6.07) is 10.4. The van der Waals surface area contributed by atoms with Gasteiger partial charge in [0.25, 0.3) is 0 Å². The first-order valence-electron chi connectivity index (χ1n) is 10.4. The second-order valence-corrected chi connectivity index (χ2v) is 9.90. The number of aromatic nitrogens is 2. The summed E-state index contributed by atoms with van der Waals surface area (Å²) in [5, 5.41) is 10.5. The molecule has 0 aliphatic carbocycles. The average Bonchev–Trinajstić information content (AvgIpc) is 3.25. The third-order valence-corrected chi connectivity index (χ3v) is 7.00. The highest BCUT2D eigenvalue weighted by atomic mass is 35.5. The van der Waals surface area contributed by atoms with E-state index in [2.05, 4.69) is 9.97 Å². The number of H-pyrrole nitrogens is 1. The number of ketones is 1. The Kier molecular flexibility index (Phi) is 6.56.